The van der Waals surface area contributed by atoms with Gasteiger partial charge in [-0.1, -0.05) is 31.0 Å². The molecule has 0 amide bonds. The van der Waals surface area contributed by atoms with Crippen molar-refractivity contribution in [2.45, 2.75) is 44.9 Å². The lowest BCUT2D eigenvalue weighted by molar-refractivity contribution is 0.301. The zero-order valence-electron chi connectivity index (χ0n) is 12.7. The summed E-state index contributed by atoms with van der Waals surface area (Å²) in [5.74, 6) is 0.909. The molecule has 1 fully saturated rings. The van der Waals surface area contributed by atoms with Gasteiger partial charge in [0.05, 0.1) is 5.69 Å². The first-order chi connectivity index (χ1) is 10.4. The third-order valence-corrected chi connectivity index (χ3v) is 3.96. The van der Waals surface area contributed by atoms with Gasteiger partial charge in [0.2, 0.25) is 0 Å². The van der Waals surface area contributed by atoms with Crippen molar-refractivity contribution >= 4 is 12.4 Å². The van der Waals surface area contributed by atoms with Crippen molar-refractivity contribution in [1.29, 1.82) is 0 Å². The minimum absolute atomic E-state index is 0. The van der Waals surface area contributed by atoms with E-state index in [-0.39, 0.29) is 12.4 Å². The fourth-order valence-electron chi connectivity index (χ4n) is 2.78. The third-order valence-electron chi connectivity index (χ3n) is 3.96. The molecule has 1 aromatic carbocycles. The zero-order chi connectivity index (χ0) is 14.3. The molecule has 118 valence electrons. The molecule has 0 aliphatic heterocycles. The minimum Gasteiger partial charge on any atom is -0.487 e. The van der Waals surface area contributed by atoms with E-state index in [4.69, 9.17) is 4.74 Å². The lowest BCUT2D eigenvalue weighted by Gasteiger charge is -2.12. The number of benzene rings is 1. The number of pyridine rings is 1. The topological polar surface area (TPSA) is 34.1 Å². The van der Waals surface area contributed by atoms with Gasteiger partial charge in [0, 0.05) is 18.8 Å². The number of nitrogens with one attached hydrogen (secondary N) is 1. The molecule has 0 spiro atoms. The predicted molar refractivity (Wildman–Crippen MR) is 91.4 cm³/mol. The van der Waals surface area contributed by atoms with Gasteiger partial charge in [-0.2, -0.15) is 0 Å². The minimum atomic E-state index is 0. The van der Waals surface area contributed by atoms with E-state index in [1.54, 1.807) is 6.20 Å². The first-order valence-corrected chi connectivity index (χ1v) is 7.75. The molecule has 0 bridgehead atoms. The molecule has 0 atom stereocenters. The van der Waals surface area contributed by atoms with Crippen LogP contribution in [0.2, 0.25) is 0 Å². The van der Waals surface area contributed by atoms with Gasteiger partial charge in [0.15, 0.2) is 0 Å². The van der Waals surface area contributed by atoms with E-state index in [9.17, 15) is 0 Å². The highest BCUT2D eigenvalue weighted by atomic mass is 35.5. The molecule has 4 heteroatoms. The molecule has 1 aliphatic rings. The van der Waals surface area contributed by atoms with Crippen molar-refractivity contribution in [2.75, 3.05) is 0 Å². The Bertz CT molecular complexity index is 556. The molecule has 3 rings (SSSR count). The zero-order valence-corrected chi connectivity index (χ0v) is 13.5. The molecule has 1 heterocycles. The summed E-state index contributed by atoms with van der Waals surface area (Å²) in [6.45, 7) is 1.44. The van der Waals surface area contributed by atoms with Crippen LogP contribution in [0.5, 0.6) is 5.75 Å². The van der Waals surface area contributed by atoms with Crippen molar-refractivity contribution in [3.8, 4) is 5.75 Å². The summed E-state index contributed by atoms with van der Waals surface area (Å²) in [5.41, 5.74) is 2.23. The normalized spacial score (nSPS) is 14.5. The Morgan fingerprint density at radius 2 is 1.95 bits per heavy atom. The lowest BCUT2D eigenvalue weighted by Crippen LogP contribution is -2.25. The summed E-state index contributed by atoms with van der Waals surface area (Å²) in [6, 6.07) is 14.9. The molecule has 22 heavy (non-hydrogen) atoms. The van der Waals surface area contributed by atoms with Gasteiger partial charge >= 0.3 is 0 Å². The quantitative estimate of drug-likeness (QED) is 0.870. The predicted octanol–water partition coefficient (Wildman–Crippen LogP) is 4.11. The van der Waals surface area contributed by atoms with Crippen molar-refractivity contribution < 1.29 is 4.74 Å². The van der Waals surface area contributed by atoms with E-state index in [1.165, 1.54) is 31.2 Å². The number of nitrogens with zero attached hydrogens (tertiary/aromatic N) is 1. The van der Waals surface area contributed by atoms with Crippen LogP contribution < -0.4 is 10.1 Å². The maximum absolute atomic E-state index is 5.81. The number of hydrogen-bond acceptors (Lipinski definition) is 3. The number of aromatic nitrogens is 1. The molecule has 0 radical (unpaired) electrons. The summed E-state index contributed by atoms with van der Waals surface area (Å²) in [7, 11) is 0. The van der Waals surface area contributed by atoms with E-state index in [0.29, 0.717) is 12.6 Å². The highest BCUT2D eigenvalue weighted by Gasteiger charge is 2.13. The number of halogens is 1. The standard InChI is InChI=1S/C18H22N2O.ClH/c1-2-8-16(7-1)20-13-15-6-5-10-18(12-15)21-14-17-9-3-4-11-19-17;/h3-6,9-12,16,20H,1-2,7-8,13-14H2;1H. The average Bonchev–Trinajstić information content (AvgIpc) is 3.06. The highest BCUT2D eigenvalue weighted by Crippen LogP contribution is 2.19. The monoisotopic (exact) mass is 318 g/mol. The smallest absolute Gasteiger partial charge is 0.130 e. The first-order valence-electron chi connectivity index (χ1n) is 7.75. The summed E-state index contributed by atoms with van der Waals surface area (Å²) >= 11 is 0. The Kier molecular flexibility index (Phi) is 6.69. The van der Waals surface area contributed by atoms with Crippen LogP contribution in [-0.4, -0.2) is 11.0 Å². The molecular formula is C18H23ClN2O. The Hall–Kier alpha value is -1.58. The lowest BCUT2D eigenvalue weighted by atomic mass is 10.2. The van der Waals surface area contributed by atoms with E-state index in [2.05, 4.69) is 28.5 Å². The summed E-state index contributed by atoms with van der Waals surface area (Å²) in [6.07, 6.45) is 7.15. The van der Waals surface area contributed by atoms with Crippen molar-refractivity contribution in [1.82, 2.24) is 10.3 Å². The van der Waals surface area contributed by atoms with Crippen molar-refractivity contribution in [3.05, 3.63) is 59.9 Å². The fourth-order valence-corrected chi connectivity index (χ4v) is 2.78. The first kappa shape index (κ1) is 16.8. The van der Waals surface area contributed by atoms with Crippen molar-refractivity contribution in [3.63, 3.8) is 0 Å². The summed E-state index contributed by atoms with van der Waals surface area (Å²) < 4.78 is 5.81. The van der Waals surface area contributed by atoms with Crippen LogP contribution in [0.15, 0.2) is 48.7 Å². The average molecular weight is 319 g/mol. The SMILES string of the molecule is Cl.c1ccc(COc2cccc(CNC3CCCC3)c2)nc1. The van der Waals surface area contributed by atoms with Crippen LogP contribution in [0.3, 0.4) is 0 Å². The van der Waals surface area contributed by atoms with Crippen LogP contribution >= 0.6 is 12.4 Å². The van der Waals surface area contributed by atoms with Gasteiger partial charge in [-0.15, -0.1) is 12.4 Å². The third kappa shape index (κ3) is 5.00. The Morgan fingerprint density at radius 1 is 1.09 bits per heavy atom. The second kappa shape index (κ2) is 8.76. The second-order valence-electron chi connectivity index (χ2n) is 5.62. The van der Waals surface area contributed by atoms with Gasteiger partial charge in [0.1, 0.15) is 12.4 Å². The van der Waals surface area contributed by atoms with E-state index >= 15 is 0 Å². The van der Waals surface area contributed by atoms with Gasteiger partial charge < -0.3 is 10.1 Å². The van der Waals surface area contributed by atoms with Crippen LogP contribution in [0.25, 0.3) is 0 Å². The van der Waals surface area contributed by atoms with E-state index in [1.807, 2.05) is 24.3 Å². The molecule has 0 unspecified atom stereocenters. The largest absolute Gasteiger partial charge is 0.487 e. The molecule has 2 aromatic rings. The highest BCUT2D eigenvalue weighted by molar-refractivity contribution is 5.85. The number of ether oxygens (including phenoxy) is 1. The molecule has 1 aliphatic carbocycles. The Morgan fingerprint density at radius 3 is 2.73 bits per heavy atom. The van der Waals surface area contributed by atoms with Gasteiger partial charge in [-0.05, 0) is 42.7 Å². The fraction of sp³-hybridized carbons (Fsp3) is 0.389. The molecule has 1 aromatic heterocycles. The molecule has 1 saturated carbocycles. The Balaban J connectivity index is 0.00000176. The van der Waals surface area contributed by atoms with Gasteiger partial charge in [-0.25, -0.2) is 0 Å². The van der Waals surface area contributed by atoms with Crippen LogP contribution in [-0.2, 0) is 13.2 Å². The van der Waals surface area contributed by atoms with Crippen LogP contribution in [0, 0.1) is 0 Å². The molecular weight excluding hydrogens is 296 g/mol. The van der Waals surface area contributed by atoms with Gasteiger partial charge in [0.25, 0.3) is 0 Å². The summed E-state index contributed by atoms with van der Waals surface area (Å²) in [4.78, 5) is 4.27. The Labute approximate surface area is 138 Å². The maximum Gasteiger partial charge on any atom is 0.130 e. The van der Waals surface area contributed by atoms with E-state index < -0.39 is 0 Å². The maximum atomic E-state index is 5.81. The van der Waals surface area contributed by atoms with E-state index in [0.717, 1.165) is 18.0 Å². The molecule has 3 nitrogen and oxygen atoms in total. The summed E-state index contributed by atoms with van der Waals surface area (Å²) in [5, 5.41) is 3.63. The molecule has 1 N–H and O–H groups in total. The van der Waals surface area contributed by atoms with Crippen LogP contribution in [0.1, 0.15) is 36.9 Å². The number of rotatable bonds is 6. The molecule has 0 saturated heterocycles. The van der Waals surface area contributed by atoms with Crippen LogP contribution in [0.4, 0.5) is 0 Å². The number of hydrogen-bond donors (Lipinski definition) is 1. The van der Waals surface area contributed by atoms with Gasteiger partial charge in [-0.3, -0.25) is 4.98 Å². The van der Waals surface area contributed by atoms with Crippen molar-refractivity contribution in [2.24, 2.45) is 0 Å². The second-order valence-corrected chi connectivity index (χ2v) is 5.62.